The average molecular weight is 248 g/mol. The summed E-state index contributed by atoms with van der Waals surface area (Å²) in [5.41, 5.74) is 1.82. The van der Waals surface area contributed by atoms with E-state index in [1.54, 1.807) is 19.1 Å². The fraction of sp³-hybridized carbons (Fsp3) is 0.357. The third kappa shape index (κ3) is 2.06. The van der Waals surface area contributed by atoms with Crippen molar-refractivity contribution in [1.29, 1.82) is 0 Å². The number of carbonyl (C=O) groups excluding carboxylic acids is 1. The Hall–Kier alpha value is -1.97. The molecule has 0 unspecified atom stereocenters. The molecule has 0 aromatic heterocycles. The van der Waals surface area contributed by atoms with Crippen molar-refractivity contribution in [2.45, 2.75) is 19.8 Å². The molecule has 0 fully saturated rings. The second-order valence-corrected chi connectivity index (χ2v) is 4.04. The SMILES string of the molecule is C=CCc1c(O)cc2c(c1C(=O)OCC)CCO2. The number of fused-ring (bicyclic) bond motifs is 1. The molecule has 0 spiro atoms. The van der Waals surface area contributed by atoms with Gasteiger partial charge in [0.15, 0.2) is 0 Å². The lowest BCUT2D eigenvalue weighted by Gasteiger charge is -2.13. The van der Waals surface area contributed by atoms with Gasteiger partial charge in [-0.3, -0.25) is 0 Å². The third-order valence-electron chi connectivity index (χ3n) is 2.92. The van der Waals surface area contributed by atoms with E-state index in [2.05, 4.69) is 6.58 Å². The summed E-state index contributed by atoms with van der Waals surface area (Å²) in [5, 5.41) is 9.97. The van der Waals surface area contributed by atoms with E-state index in [1.807, 2.05) is 0 Å². The number of phenols is 1. The Morgan fingerprint density at radius 2 is 2.44 bits per heavy atom. The predicted molar refractivity (Wildman–Crippen MR) is 67.2 cm³/mol. The molecule has 0 amide bonds. The summed E-state index contributed by atoms with van der Waals surface area (Å²) < 4.78 is 10.4. The number of aromatic hydroxyl groups is 1. The van der Waals surface area contributed by atoms with Gasteiger partial charge < -0.3 is 14.6 Å². The van der Waals surface area contributed by atoms with Crippen molar-refractivity contribution < 1.29 is 19.4 Å². The number of rotatable bonds is 4. The average Bonchev–Trinajstić information content (AvgIpc) is 2.77. The Labute approximate surface area is 106 Å². The first kappa shape index (κ1) is 12.5. The fourth-order valence-corrected chi connectivity index (χ4v) is 2.17. The molecule has 4 heteroatoms. The maximum Gasteiger partial charge on any atom is 0.338 e. The van der Waals surface area contributed by atoms with Gasteiger partial charge in [-0.05, 0) is 13.3 Å². The molecule has 2 rings (SSSR count). The molecule has 0 atom stereocenters. The summed E-state index contributed by atoms with van der Waals surface area (Å²) >= 11 is 0. The van der Waals surface area contributed by atoms with Gasteiger partial charge in [0.05, 0.1) is 18.8 Å². The molecule has 1 aliphatic rings. The zero-order valence-electron chi connectivity index (χ0n) is 10.4. The Morgan fingerprint density at radius 3 is 3.11 bits per heavy atom. The molecule has 0 saturated heterocycles. The highest BCUT2D eigenvalue weighted by Crippen LogP contribution is 2.37. The Kier molecular flexibility index (Phi) is 3.55. The van der Waals surface area contributed by atoms with Crippen LogP contribution in [0, 0.1) is 0 Å². The standard InChI is InChI=1S/C14H16O4/c1-3-5-9-11(15)8-12-10(6-7-18-12)13(9)14(16)17-4-2/h3,8,15H,1,4-7H2,2H3. The van der Waals surface area contributed by atoms with Crippen LogP contribution in [0.1, 0.15) is 28.4 Å². The normalized spacial score (nSPS) is 12.7. The van der Waals surface area contributed by atoms with Crippen LogP contribution in [0.25, 0.3) is 0 Å². The van der Waals surface area contributed by atoms with Crippen molar-refractivity contribution in [2.24, 2.45) is 0 Å². The van der Waals surface area contributed by atoms with E-state index in [0.29, 0.717) is 42.9 Å². The molecular weight excluding hydrogens is 232 g/mol. The van der Waals surface area contributed by atoms with Gasteiger partial charge in [-0.1, -0.05) is 6.08 Å². The second-order valence-electron chi connectivity index (χ2n) is 4.04. The largest absolute Gasteiger partial charge is 0.507 e. The van der Waals surface area contributed by atoms with Crippen LogP contribution in [0.4, 0.5) is 0 Å². The Morgan fingerprint density at radius 1 is 1.67 bits per heavy atom. The number of benzene rings is 1. The van der Waals surface area contributed by atoms with Crippen LogP contribution >= 0.6 is 0 Å². The van der Waals surface area contributed by atoms with Gasteiger partial charge in [-0.2, -0.15) is 0 Å². The van der Waals surface area contributed by atoms with Crippen molar-refractivity contribution in [2.75, 3.05) is 13.2 Å². The first-order valence-electron chi connectivity index (χ1n) is 5.97. The van der Waals surface area contributed by atoms with Crippen LogP contribution in [0.15, 0.2) is 18.7 Å². The lowest BCUT2D eigenvalue weighted by atomic mass is 9.96. The zero-order chi connectivity index (χ0) is 13.1. The van der Waals surface area contributed by atoms with Gasteiger partial charge in [0.1, 0.15) is 11.5 Å². The summed E-state index contributed by atoms with van der Waals surface area (Å²) in [7, 11) is 0. The second kappa shape index (κ2) is 5.12. The summed E-state index contributed by atoms with van der Waals surface area (Å²) in [5.74, 6) is 0.217. The van der Waals surface area contributed by atoms with Gasteiger partial charge in [-0.25, -0.2) is 4.79 Å². The molecular formula is C14H16O4. The van der Waals surface area contributed by atoms with Gasteiger partial charge in [0.2, 0.25) is 0 Å². The molecule has 0 saturated carbocycles. The molecule has 4 nitrogen and oxygen atoms in total. The van der Waals surface area contributed by atoms with Gasteiger partial charge in [-0.15, -0.1) is 6.58 Å². The molecule has 0 bridgehead atoms. The molecule has 96 valence electrons. The zero-order valence-corrected chi connectivity index (χ0v) is 10.4. The molecule has 0 aliphatic carbocycles. The predicted octanol–water partition coefficient (Wildman–Crippen LogP) is 2.23. The van der Waals surface area contributed by atoms with Crippen LogP contribution in [0.2, 0.25) is 0 Å². The third-order valence-corrected chi connectivity index (χ3v) is 2.92. The quantitative estimate of drug-likeness (QED) is 0.655. The monoisotopic (exact) mass is 248 g/mol. The molecule has 1 aliphatic heterocycles. The lowest BCUT2D eigenvalue weighted by Crippen LogP contribution is -2.11. The van der Waals surface area contributed by atoms with Crippen LogP contribution < -0.4 is 4.74 Å². The molecule has 1 heterocycles. The minimum absolute atomic E-state index is 0.0543. The molecule has 18 heavy (non-hydrogen) atoms. The Balaban J connectivity index is 2.57. The summed E-state index contributed by atoms with van der Waals surface area (Å²) in [6.07, 6.45) is 2.74. The van der Waals surface area contributed by atoms with Crippen molar-refractivity contribution in [3.63, 3.8) is 0 Å². The van der Waals surface area contributed by atoms with Crippen molar-refractivity contribution in [3.05, 3.63) is 35.4 Å². The molecule has 1 N–H and O–H groups in total. The Bertz CT molecular complexity index is 491. The molecule has 1 aromatic rings. The number of carbonyl (C=O) groups is 1. The summed E-state index contributed by atoms with van der Waals surface area (Å²) in [4.78, 5) is 12.0. The van der Waals surface area contributed by atoms with E-state index < -0.39 is 5.97 Å². The number of allylic oxidation sites excluding steroid dienone is 1. The minimum atomic E-state index is -0.410. The highest BCUT2D eigenvalue weighted by atomic mass is 16.5. The lowest BCUT2D eigenvalue weighted by molar-refractivity contribution is 0.0523. The fourth-order valence-electron chi connectivity index (χ4n) is 2.17. The van der Waals surface area contributed by atoms with E-state index in [1.165, 1.54) is 0 Å². The van der Waals surface area contributed by atoms with Crippen LogP contribution in [0.3, 0.4) is 0 Å². The van der Waals surface area contributed by atoms with E-state index in [-0.39, 0.29) is 5.75 Å². The number of phenolic OH excluding ortho intramolecular Hbond substituents is 1. The van der Waals surface area contributed by atoms with Crippen molar-refractivity contribution in [1.82, 2.24) is 0 Å². The maximum absolute atomic E-state index is 12.0. The highest BCUT2D eigenvalue weighted by molar-refractivity contribution is 5.95. The minimum Gasteiger partial charge on any atom is -0.507 e. The van der Waals surface area contributed by atoms with E-state index in [0.717, 1.165) is 5.56 Å². The van der Waals surface area contributed by atoms with Crippen molar-refractivity contribution in [3.8, 4) is 11.5 Å². The number of ether oxygens (including phenoxy) is 2. The first-order chi connectivity index (χ1) is 8.69. The van der Waals surface area contributed by atoms with E-state index in [9.17, 15) is 9.90 Å². The maximum atomic E-state index is 12.0. The summed E-state index contributed by atoms with van der Waals surface area (Å²) in [6, 6.07) is 1.56. The molecule has 1 aromatic carbocycles. The topological polar surface area (TPSA) is 55.8 Å². The number of esters is 1. The van der Waals surface area contributed by atoms with E-state index >= 15 is 0 Å². The smallest absolute Gasteiger partial charge is 0.338 e. The highest BCUT2D eigenvalue weighted by Gasteiger charge is 2.27. The van der Waals surface area contributed by atoms with Crippen LogP contribution in [-0.2, 0) is 17.6 Å². The van der Waals surface area contributed by atoms with E-state index in [4.69, 9.17) is 9.47 Å². The van der Waals surface area contributed by atoms with Gasteiger partial charge in [0, 0.05) is 23.6 Å². The van der Waals surface area contributed by atoms with Crippen LogP contribution in [-0.4, -0.2) is 24.3 Å². The number of hydrogen-bond donors (Lipinski definition) is 1. The molecule has 0 radical (unpaired) electrons. The van der Waals surface area contributed by atoms with Crippen molar-refractivity contribution >= 4 is 5.97 Å². The number of hydrogen-bond acceptors (Lipinski definition) is 4. The summed E-state index contributed by atoms with van der Waals surface area (Å²) in [6.45, 7) is 6.23. The van der Waals surface area contributed by atoms with Crippen LogP contribution in [0.5, 0.6) is 11.5 Å². The van der Waals surface area contributed by atoms with Gasteiger partial charge >= 0.3 is 5.97 Å². The van der Waals surface area contributed by atoms with Gasteiger partial charge in [0.25, 0.3) is 0 Å². The first-order valence-corrected chi connectivity index (χ1v) is 5.97.